The van der Waals surface area contributed by atoms with Crippen LogP contribution in [-0.4, -0.2) is 65.4 Å². The van der Waals surface area contributed by atoms with Gasteiger partial charge in [0, 0.05) is 44.0 Å². The van der Waals surface area contributed by atoms with Crippen LogP contribution in [0.4, 0.5) is 0 Å². The number of amides is 2. The molecule has 4 rings (SSSR count). The highest BCUT2D eigenvalue weighted by Crippen LogP contribution is 2.21. The van der Waals surface area contributed by atoms with E-state index in [1.165, 1.54) is 16.9 Å². The number of thiazole rings is 1. The van der Waals surface area contributed by atoms with E-state index in [0.29, 0.717) is 18.8 Å². The van der Waals surface area contributed by atoms with Crippen molar-refractivity contribution in [2.24, 2.45) is 0 Å². The summed E-state index contributed by atoms with van der Waals surface area (Å²) in [5.41, 5.74) is 1.72. The fraction of sp³-hybridized carbons (Fsp3) is 0.450. The quantitative estimate of drug-likeness (QED) is 0.873. The second kappa shape index (κ2) is 8.19. The molecule has 0 radical (unpaired) electrons. The highest BCUT2D eigenvalue weighted by molar-refractivity contribution is 7.09. The third kappa shape index (κ3) is 4.20. The van der Waals surface area contributed by atoms with Crippen LogP contribution < -0.4 is 5.32 Å². The summed E-state index contributed by atoms with van der Waals surface area (Å²) in [6.07, 6.45) is 2.64. The molecule has 2 fully saturated rings. The minimum atomic E-state index is -0.0159. The van der Waals surface area contributed by atoms with Gasteiger partial charge in [-0.15, -0.1) is 11.3 Å². The Morgan fingerprint density at radius 2 is 2.11 bits per heavy atom. The number of benzene rings is 1. The molecule has 1 aromatic carbocycles. The van der Waals surface area contributed by atoms with Gasteiger partial charge in [0.05, 0.1) is 11.6 Å². The molecular weight excluding hydrogens is 360 g/mol. The van der Waals surface area contributed by atoms with E-state index in [4.69, 9.17) is 0 Å². The van der Waals surface area contributed by atoms with Crippen LogP contribution in [0.1, 0.15) is 33.9 Å². The molecule has 0 aliphatic carbocycles. The summed E-state index contributed by atoms with van der Waals surface area (Å²) >= 11 is 1.53. The summed E-state index contributed by atoms with van der Waals surface area (Å²) in [6.45, 7) is 3.30. The molecule has 3 heterocycles. The Morgan fingerprint density at radius 3 is 2.93 bits per heavy atom. The Morgan fingerprint density at radius 1 is 1.26 bits per heavy atom. The van der Waals surface area contributed by atoms with Gasteiger partial charge in [-0.1, -0.05) is 30.3 Å². The second-order valence-corrected chi connectivity index (χ2v) is 8.04. The summed E-state index contributed by atoms with van der Waals surface area (Å²) in [5.74, 6) is 0.122. The van der Waals surface area contributed by atoms with Crippen LogP contribution in [0.15, 0.2) is 35.7 Å². The molecule has 1 N–H and O–H groups in total. The van der Waals surface area contributed by atoms with Gasteiger partial charge in [-0.25, -0.2) is 4.98 Å². The lowest BCUT2D eigenvalue weighted by Crippen LogP contribution is -2.57. The third-order valence-corrected chi connectivity index (χ3v) is 6.07. The van der Waals surface area contributed by atoms with E-state index in [2.05, 4.69) is 22.4 Å². The number of piperazine rings is 1. The molecule has 1 unspecified atom stereocenters. The minimum Gasteiger partial charge on any atom is -0.336 e. The maximum absolute atomic E-state index is 12.9. The smallest absolute Gasteiger partial charge is 0.273 e. The van der Waals surface area contributed by atoms with Crippen LogP contribution in [0.25, 0.3) is 0 Å². The number of rotatable bonds is 4. The third-order valence-electron chi connectivity index (χ3n) is 5.22. The Balaban J connectivity index is 1.41. The molecule has 1 atom stereocenters. The van der Waals surface area contributed by atoms with E-state index in [1.807, 2.05) is 33.4 Å². The summed E-state index contributed by atoms with van der Waals surface area (Å²) in [4.78, 5) is 33.5. The first kappa shape index (κ1) is 18.1. The van der Waals surface area contributed by atoms with Crippen LogP contribution in [-0.2, 0) is 11.2 Å². The van der Waals surface area contributed by atoms with Crippen molar-refractivity contribution in [2.75, 3.05) is 32.7 Å². The minimum absolute atomic E-state index is 0.0159. The maximum Gasteiger partial charge on any atom is 0.273 e. The summed E-state index contributed by atoms with van der Waals surface area (Å²) in [5, 5.41) is 5.92. The average molecular weight is 385 g/mol. The lowest BCUT2D eigenvalue weighted by molar-refractivity contribution is -0.135. The Bertz CT molecular complexity index is 807. The van der Waals surface area contributed by atoms with Crippen molar-refractivity contribution in [2.45, 2.75) is 25.3 Å². The highest BCUT2D eigenvalue weighted by atomic mass is 32.1. The molecule has 142 valence electrons. The average Bonchev–Trinajstić information content (AvgIpc) is 3.17. The van der Waals surface area contributed by atoms with Crippen LogP contribution >= 0.6 is 11.3 Å². The van der Waals surface area contributed by atoms with Gasteiger partial charge in [-0.2, -0.15) is 0 Å². The fourth-order valence-corrected chi connectivity index (χ4v) is 4.63. The number of hydrogen-bond acceptors (Lipinski definition) is 5. The van der Waals surface area contributed by atoms with Crippen molar-refractivity contribution in [1.29, 1.82) is 0 Å². The molecule has 0 spiro atoms. The molecule has 0 saturated carbocycles. The van der Waals surface area contributed by atoms with E-state index < -0.39 is 0 Å². The zero-order valence-electron chi connectivity index (χ0n) is 15.3. The zero-order valence-corrected chi connectivity index (χ0v) is 16.1. The SMILES string of the molecule is O=C(c1csc(Cc2ccccc2)n1)N1CCCC(N2CCNCC2=O)C1. The molecule has 1 aromatic heterocycles. The molecule has 0 bridgehead atoms. The van der Waals surface area contributed by atoms with Gasteiger partial charge in [0.1, 0.15) is 5.69 Å². The monoisotopic (exact) mass is 384 g/mol. The van der Waals surface area contributed by atoms with Gasteiger partial charge < -0.3 is 15.1 Å². The van der Waals surface area contributed by atoms with Crippen molar-refractivity contribution in [3.05, 3.63) is 52.0 Å². The molecule has 2 saturated heterocycles. The molecule has 2 aromatic rings. The zero-order chi connectivity index (χ0) is 18.6. The van der Waals surface area contributed by atoms with Gasteiger partial charge >= 0.3 is 0 Å². The number of nitrogens with zero attached hydrogens (tertiary/aromatic N) is 3. The lowest BCUT2D eigenvalue weighted by atomic mass is 10.0. The lowest BCUT2D eigenvalue weighted by Gasteiger charge is -2.40. The molecule has 27 heavy (non-hydrogen) atoms. The first-order valence-corrected chi connectivity index (χ1v) is 10.4. The molecule has 7 heteroatoms. The topological polar surface area (TPSA) is 65.5 Å². The van der Waals surface area contributed by atoms with Crippen LogP contribution in [0.5, 0.6) is 0 Å². The largest absolute Gasteiger partial charge is 0.336 e. The summed E-state index contributed by atoms with van der Waals surface area (Å²) in [6, 6.07) is 10.3. The van der Waals surface area contributed by atoms with Crippen molar-refractivity contribution in [3.63, 3.8) is 0 Å². The van der Waals surface area contributed by atoms with Crippen molar-refractivity contribution in [1.82, 2.24) is 20.1 Å². The first-order chi connectivity index (χ1) is 13.2. The van der Waals surface area contributed by atoms with Gasteiger partial charge in [-0.05, 0) is 18.4 Å². The van der Waals surface area contributed by atoms with Gasteiger partial charge in [-0.3, -0.25) is 9.59 Å². The molecular formula is C20H24N4O2S. The normalized spacial score (nSPS) is 20.7. The van der Waals surface area contributed by atoms with Crippen LogP contribution in [0.3, 0.4) is 0 Å². The summed E-state index contributed by atoms with van der Waals surface area (Å²) in [7, 11) is 0. The predicted octanol–water partition coefficient (Wildman–Crippen LogP) is 1.77. The van der Waals surface area contributed by atoms with Crippen molar-refractivity contribution >= 4 is 23.2 Å². The fourth-order valence-electron chi connectivity index (χ4n) is 3.82. The van der Waals surface area contributed by atoms with Gasteiger partial charge in [0.15, 0.2) is 0 Å². The number of carbonyl (C=O) groups excluding carboxylic acids is 2. The number of piperidine rings is 1. The molecule has 2 amide bonds. The second-order valence-electron chi connectivity index (χ2n) is 7.10. The van der Waals surface area contributed by atoms with Crippen LogP contribution in [0.2, 0.25) is 0 Å². The van der Waals surface area contributed by atoms with Gasteiger partial charge in [0.25, 0.3) is 5.91 Å². The number of likely N-dealkylation sites (tertiary alicyclic amines) is 1. The van der Waals surface area contributed by atoms with Crippen molar-refractivity contribution < 1.29 is 9.59 Å². The van der Waals surface area contributed by atoms with Crippen LogP contribution in [0, 0.1) is 0 Å². The summed E-state index contributed by atoms with van der Waals surface area (Å²) < 4.78 is 0. The number of aromatic nitrogens is 1. The number of carbonyl (C=O) groups is 2. The first-order valence-electron chi connectivity index (χ1n) is 9.48. The van der Waals surface area contributed by atoms with E-state index in [0.717, 1.165) is 43.9 Å². The Labute approximate surface area is 163 Å². The van der Waals surface area contributed by atoms with E-state index in [9.17, 15) is 9.59 Å². The molecule has 2 aliphatic rings. The van der Waals surface area contributed by atoms with E-state index >= 15 is 0 Å². The maximum atomic E-state index is 12.9. The predicted molar refractivity (Wildman–Crippen MR) is 105 cm³/mol. The number of nitrogens with one attached hydrogen (secondary N) is 1. The Hall–Kier alpha value is -2.25. The molecule has 2 aliphatic heterocycles. The number of hydrogen-bond donors (Lipinski definition) is 1. The van der Waals surface area contributed by atoms with E-state index in [-0.39, 0.29) is 17.9 Å². The van der Waals surface area contributed by atoms with Crippen molar-refractivity contribution in [3.8, 4) is 0 Å². The molecule has 6 nitrogen and oxygen atoms in total. The Kier molecular flexibility index (Phi) is 5.50. The highest BCUT2D eigenvalue weighted by Gasteiger charge is 2.32. The standard InChI is InChI=1S/C20H24N4O2S/c25-19-12-21-8-10-24(19)16-7-4-9-23(13-16)20(26)17-14-27-18(22-17)11-15-5-2-1-3-6-15/h1-3,5-6,14,16,21H,4,7-13H2. The van der Waals surface area contributed by atoms with Gasteiger partial charge in [0.2, 0.25) is 5.91 Å². The van der Waals surface area contributed by atoms with E-state index in [1.54, 1.807) is 0 Å².